The molecule has 6 rings (SSSR count). The van der Waals surface area contributed by atoms with Gasteiger partial charge in [-0.1, -0.05) is 59.8 Å². The minimum absolute atomic E-state index is 0.00437. The number of carbonyl (C=O) groups is 4. The molecule has 0 radical (unpaired) electrons. The van der Waals surface area contributed by atoms with Gasteiger partial charge in [0.05, 0.1) is 6.54 Å². The monoisotopic (exact) mass is 558 g/mol. The van der Waals surface area contributed by atoms with E-state index in [4.69, 9.17) is 9.57 Å². The van der Waals surface area contributed by atoms with Crippen LogP contribution in [0.25, 0.3) is 11.1 Å². The molecule has 3 N–H and O–H groups in total. The molecule has 41 heavy (non-hydrogen) atoms. The Balaban J connectivity index is 1.28. The molecule has 2 aliphatic heterocycles. The third-order valence-corrected chi connectivity index (χ3v) is 8.38. The van der Waals surface area contributed by atoms with Gasteiger partial charge in [0.2, 0.25) is 11.8 Å². The van der Waals surface area contributed by atoms with Gasteiger partial charge in [-0.2, -0.15) is 0 Å². The van der Waals surface area contributed by atoms with Gasteiger partial charge in [-0.05, 0) is 31.4 Å². The van der Waals surface area contributed by atoms with E-state index in [1.807, 2.05) is 48.5 Å². The summed E-state index contributed by atoms with van der Waals surface area (Å²) in [6.07, 6.45) is 0.388. The van der Waals surface area contributed by atoms with Crippen molar-refractivity contribution in [3.63, 3.8) is 0 Å². The summed E-state index contributed by atoms with van der Waals surface area (Å²) in [5.74, 6) is -2.74. The number of alkyl carbamates (subject to hydrolysis) is 1. The van der Waals surface area contributed by atoms with Crippen molar-refractivity contribution < 1.29 is 33.9 Å². The van der Waals surface area contributed by atoms with Crippen LogP contribution in [0.4, 0.5) is 4.79 Å². The smallest absolute Gasteiger partial charge is 0.408 e. The fourth-order valence-electron chi connectivity index (χ4n) is 6.05. The van der Waals surface area contributed by atoms with Crippen molar-refractivity contribution in [3.05, 3.63) is 72.3 Å². The maximum absolute atomic E-state index is 13.7. The molecule has 5 atom stereocenters. The van der Waals surface area contributed by atoms with Gasteiger partial charge in [0.15, 0.2) is 6.04 Å². The highest BCUT2D eigenvalue weighted by Gasteiger charge is 2.61. The number of nitrogens with one attached hydrogen (secondary N) is 2. The molecular formula is C30H30N4O7. The molecule has 2 aromatic rings. The topological polar surface area (TPSA) is 147 Å². The Morgan fingerprint density at radius 2 is 1.73 bits per heavy atom. The Bertz CT molecular complexity index is 1470. The molecule has 2 aliphatic carbocycles. The zero-order valence-electron chi connectivity index (χ0n) is 22.6. The molecule has 0 aromatic heterocycles. The molecule has 3 amide bonds. The van der Waals surface area contributed by atoms with E-state index in [-0.39, 0.29) is 19.4 Å². The fraction of sp³-hybridized carbons (Fsp3) is 0.367. The summed E-state index contributed by atoms with van der Waals surface area (Å²) in [7, 11) is 0. The number of amides is 3. The fourth-order valence-corrected chi connectivity index (χ4v) is 6.05. The number of hydrogen-bond acceptors (Lipinski definition) is 7. The number of ether oxygens (including phenoxy) is 1. The predicted octanol–water partition coefficient (Wildman–Crippen LogP) is 2.44. The molecule has 4 aliphatic rings. The minimum Gasteiger partial charge on any atom is -0.479 e. The summed E-state index contributed by atoms with van der Waals surface area (Å²) >= 11 is 0. The molecule has 3 fully saturated rings. The molecule has 0 spiro atoms. The normalized spacial score (nSPS) is 28.6. The van der Waals surface area contributed by atoms with Crippen molar-refractivity contribution in [1.82, 2.24) is 15.5 Å². The molecule has 2 aromatic carbocycles. The number of carboxylic acid groups (broad SMARTS) is 1. The number of cyclic esters (lactones) is 1. The van der Waals surface area contributed by atoms with E-state index in [1.165, 1.54) is 11.0 Å². The van der Waals surface area contributed by atoms with E-state index < -0.39 is 59.1 Å². The quantitative estimate of drug-likeness (QED) is 0.298. The number of fused-ring (bicyclic) bond motifs is 3. The number of benzene rings is 2. The Morgan fingerprint density at radius 3 is 2.24 bits per heavy atom. The lowest BCUT2D eigenvalue weighted by molar-refractivity contribution is -0.146. The second-order valence-electron chi connectivity index (χ2n) is 11.4. The Kier molecular flexibility index (Phi) is 6.13. The molecule has 1 saturated carbocycles. The zero-order chi connectivity index (χ0) is 29.1. The number of nitrogens with zero attached hydrogens (tertiary/aromatic N) is 2. The second kappa shape index (κ2) is 9.46. The van der Waals surface area contributed by atoms with Crippen LogP contribution in [0.2, 0.25) is 0 Å². The number of carbonyl (C=O) groups excluding carboxylic acids is 3. The summed E-state index contributed by atoms with van der Waals surface area (Å²) in [6, 6.07) is 13.6. The number of hydrogen-bond donors (Lipinski definition) is 3. The van der Waals surface area contributed by atoms with Crippen LogP contribution >= 0.6 is 0 Å². The first-order valence-corrected chi connectivity index (χ1v) is 13.5. The standard InChI is InChI=1S/C30H30N4O7/c1-4-16-14-30(16,27(37)38)32-25(35)22-13-17(15-34(22)26(36)24-29(2,3)40-28(39)31-24)41-33-23-20-11-7-5-9-18(20)19-10-6-8-12-21(19)23/h4-12,16-17,22,24H,1,13-15H2,2-3H3,(H,31,39)(H,32,35)(H,37,38)/t16-,17-,22+,24-,30-/m1/s1. The lowest BCUT2D eigenvalue weighted by Crippen LogP contribution is -2.58. The van der Waals surface area contributed by atoms with Gasteiger partial charge in [-0.3, -0.25) is 9.59 Å². The van der Waals surface area contributed by atoms with Crippen molar-refractivity contribution in [2.75, 3.05) is 6.54 Å². The summed E-state index contributed by atoms with van der Waals surface area (Å²) in [5, 5.41) is 19.5. The average molecular weight is 559 g/mol. The van der Waals surface area contributed by atoms with Gasteiger partial charge in [0, 0.05) is 23.5 Å². The van der Waals surface area contributed by atoms with Crippen molar-refractivity contribution in [2.24, 2.45) is 11.1 Å². The first kappa shape index (κ1) is 26.5. The van der Waals surface area contributed by atoms with Crippen molar-refractivity contribution >= 4 is 29.6 Å². The average Bonchev–Trinajstić information content (AvgIpc) is 3.20. The summed E-state index contributed by atoms with van der Waals surface area (Å²) < 4.78 is 5.26. The van der Waals surface area contributed by atoms with Crippen LogP contribution in [0.15, 0.2) is 66.3 Å². The predicted molar refractivity (Wildman–Crippen MR) is 147 cm³/mol. The largest absolute Gasteiger partial charge is 0.479 e. The number of aliphatic carboxylic acids is 1. The third kappa shape index (κ3) is 4.32. The molecular weight excluding hydrogens is 528 g/mol. The van der Waals surface area contributed by atoms with Crippen LogP contribution in [0.5, 0.6) is 0 Å². The minimum atomic E-state index is -1.46. The van der Waals surface area contributed by atoms with Crippen LogP contribution in [0.3, 0.4) is 0 Å². The Morgan fingerprint density at radius 1 is 1.12 bits per heavy atom. The second-order valence-corrected chi connectivity index (χ2v) is 11.4. The SMILES string of the molecule is C=C[C@@H]1C[C@]1(NC(=O)[C@@H]1C[C@@H](ON=C2c3ccccc3-c3ccccc32)CN1C(=O)[C@H]1NC(=O)OC1(C)C)C(=O)O. The summed E-state index contributed by atoms with van der Waals surface area (Å²) in [4.78, 5) is 58.6. The molecule has 0 unspecified atom stereocenters. The molecule has 0 bridgehead atoms. The van der Waals surface area contributed by atoms with Gasteiger partial charge < -0.3 is 30.2 Å². The number of likely N-dealkylation sites (tertiary alicyclic amines) is 1. The summed E-state index contributed by atoms with van der Waals surface area (Å²) in [5.41, 5.74) is 1.92. The third-order valence-electron chi connectivity index (χ3n) is 8.38. The van der Waals surface area contributed by atoms with E-state index in [0.29, 0.717) is 5.71 Å². The van der Waals surface area contributed by atoms with Gasteiger partial charge >= 0.3 is 12.1 Å². The van der Waals surface area contributed by atoms with Crippen molar-refractivity contribution in [3.8, 4) is 11.1 Å². The first-order valence-electron chi connectivity index (χ1n) is 13.5. The van der Waals surface area contributed by atoms with Gasteiger partial charge in [-0.15, -0.1) is 6.58 Å². The van der Waals surface area contributed by atoms with Crippen molar-refractivity contribution in [2.45, 2.75) is 56.0 Å². The van der Waals surface area contributed by atoms with E-state index in [1.54, 1.807) is 13.8 Å². The number of carboxylic acids is 1. The van der Waals surface area contributed by atoms with Gasteiger partial charge in [-0.25, -0.2) is 9.59 Å². The summed E-state index contributed by atoms with van der Waals surface area (Å²) in [6.45, 7) is 6.87. The zero-order valence-corrected chi connectivity index (χ0v) is 22.6. The molecule has 11 heteroatoms. The van der Waals surface area contributed by atoms with Crippen LogP contribution in [-0.4, -0.2) is 75.5 Å². The van der Waals surface area contributed by atoms with Crippen LogP contribution in [-0.2, 0) is 24.0 Å². The molecule has 2 saturated heterocycles. The number of rotatable bonds is 7. The van der Waals surface area contributed by atoms with Gasteiger partial charge in [0.1, 0.15) is 29.0 Å². The number of oxime groups is 1. The van der Waals surface area contributed by atoms with E-state index in [0.717, 1.165) is 22.3 Å². The van der Waals surface area contributed by atoms with Crippen molar-refractivity contribution in [1.29, 1.82) is 0 Å². The molecule has 2 heterocycles. The maximum atomic E-state index is 13.7. The van der Waals surface area contributed by atoms with E-state index in [9.17, 15) is 24.3 Å². The highest BCUT2D eigenvalue weighted by atomic mass is 16.6. The maximum Gasteiger partial charge on any atom is 0.408 e. The molecule has 11 nitrogen and oxygen atoms in total. The van der Waals surface area contributed by atoms with Gasteiger partial charge in [0.25, 0.3) is 0 Å². The highest BCUT2D eigenvalue weighted by molar-refractivity contribution is 6.24. The van der Waals surface area contributed by atoms with Crippen LogP contribution in [0.1, 0.15) is 37.8 Å². The first-order chi connectivity index (χ1) is 19.6. The lowest BCUT2D eigenvalue weighted by Gasteiger charge is -2.30. The Labute approximate surface area is 236 Å². The van der Waals surface area contributed by atoms with Crippen LogP contribution in [0, 0.1) is 5.92 Å². The van der Waals surface area contributed by atoms with Crippen LogP contribution < -0.4 is 10.6 Å². The molecule has 212 valence electrons. The highest BCUT2D eigenvalue weighted by Crippen LogP contribution is 2.45. The Hall–Kier alpha value is -4.67. The van der Waals surface area contributed by atoms with E-state index in [2.05, 4.69) is 22.4 Å². The lowest BCUT2D eigenvalue weighted by atomic mass is 9.98. The van der Waals surface area contributed by atoms with E-state index >= 15 is 0 Å².